The highest BCUT2D eigenvalue weighted by molar-refractivity contribution is 7.18. The standard InChI is InChI=1S/C8H6F3N3S/c9-8(10,11)2-4-1-5-6(12)13-3-14-7(5)15-4/h1,3H,2H2,(H2,12,13,14). The van der Waals surface area contributed by atoms with Crippen LogP contribution in [0, 0.1) is 0 Å². The Balaban J connectivity index is 2.44. The van der Waals surface area contributed by atoms with Crippen LogP contribution in [0.15, 0.2) is 12.4 Å². The molecule has 2 aromatic heterocycles. The highest BCUT2D eigenvalue weighted by Gasteiger charge is 2.28. The number of rotatable bonds is 1. The van der Waals surface area contributed by atoms with Crippen LogP contribution in [0.2, 0.25) is 0 Å². The van der Waals surface area contributed by atoms with E-state index in [1.165, 1.54) is 12.4 Å². The van der Waals surface area contributed by atoms with Crippen molar-refractivity contribution in [1.29, 1.82) is 0 Å². The number of anilines is 1. The van der Waals surface area contributed by atoms with Gasteiger partial charge in [0.1, 0.15) is 17.0 Å². The quantitative estimate of drug-likeness (QED) is 0.822. The summed E-state index contributed by atoms with van der Waals surface area (Å²) in [5.41, 5.74) is 5.51. The summed E-state index contributed by atoms with van der Waals surface area (Å²) in [4.78, 5) is 8.25. The summed E-state index contributed by atoms with van der Waals surface area (Å²) in [7, 11) is 0. The predicted molar refractivity (Wildman–Crippen MR) is 51.6 cm³/mol. The third-order valence-electron chi connectivity index (χ3n) is 1.79. The molecule has 0 fully saturated rings. The highest BCUT2D eigenvalue weighted by Crippen LogP contribution is 2.31. The average molecular weight is 233 g/mol. The van der Waals surface area contributed by atoms with E-state index in [-0.39, 0.29) is 10.7 Å². The Labute approximate surface area is 86.8 Å². The molecule has 0 aliphatic carbocycles. The van der Waals surface area contributed by atoms with Crippen molar-refractivity contribution >= 4 is 27.4 Å². The van der Waals surface area contributed by atoms with Crippen LogP contribution in [0.25, 0.3) is 10.2 Å². The summed E-state index contributed by atoms with van der Waals surface area (Å²) in [5, 5.41) is 0.488. The van der Waals surface area contributed by atoms with Crippen LogP contribution in [-0.4, -0.2) is 16.1 Å². The van der Waals surface area contributed by atoms with Gasteiger partial charge in [0.05, 0.1) is 11.8 Å². The fourth-order valence-electron chi connectivity index (χ4n) is 1.21. The Morgan fingerprint density at radius 2 is 2.07 bits per heavy atom. The Bertz CT molecular complexity index is 491. The van der Waals surface area contributed by atoms with Crippen LogP contribution in [0.1, 0.15) is 4.88 Å². The molecule has 80 valence electrons. The number of alkyl halides is 3. The Hall–Kier alpha value is -1.37. The van der Waals surface area contributed by atoms with Crippen LogP contribution in [0.4, 0.5) is 19.0 Å². The van der Waals surface area contributed by atoms with Gasteiger partial charge in [0, 0.05) is 4.88 Å². The zero-order valence-corrected chi connectivity index (χ0v) is 8.19. The maximum Gasteiger partial charge on any atom is 0.393 e. The van der Waals surface area contributed by atoms with Gasteiger partial charge >= 0.3 is 6.18 Å². The molecule has 0 bridgehead atoms. The van der Waals surface area contributed by atoms with E-state index >= 15 is 0 Å². The molecule has 0 saturated heterocycles. The zero-order chi connectivity index (χ0) is 11.1. The van der Waals surface area contributed by atoms with Crippen molar-refractivity contribution in [3.05, 3.63) is 17.3 Å². The van der Waals surface area contributed by atoms with Crippen molar-refractivity contribution in [1.82, 2.24) is 9.97 Å². The van der Waals surface area contributed by atoms with Crippen molar-refractivity contribution in [3.8, 4) is 0 Å². The van der Waals surface area contributed by atoms with Crippen molar-refractivity contribution in [2.45, 2.75) is 12.6 Å². The lowest BCUT2D eigenvalue weighted by Gasteiger charge is -2.01. The molecule has 2 rings (SSSR count). The van der Waals surface area contributed by atoms with E-state index in [2.05, 4.69) is 9.97 Å². The molecule has 2 heterocycles. The molecular formula is C8H6F3N3S. The van der Waals surface area contributed by atoms with Crippen LogP contribution in [0.5, 0.6) is 0 Å². The third kappa shape index (κ3) is 2.17. The number of thiophene rings is 1. The van der Waals surface area contributed by atoms with E-state index in [1.54, 1.807) is 0 Å². The van der Waals surface area contributed by atoms with E-state index in [9.17, 15) is 13.2 Å². The van der Waals surface area contributed by atoms with Crippen LogP contribution < -0.4 is 5.73 Å². The normalized spacial score (nSPS) is 12.2. The van der Waals surface area contributed by atoms with Crippen LogP contribution >= 0.6 is 11.3 Å². The summed E-state index contributed by atoms with van der Waals surface area (Å²) < 4.78 is 36.3. The van der Waals surface area contributed by atoms with E-state index in [1.807, 2.05) is 0 Å². The lowest BCUT2D eigenvalue weighted by molar-refractivity contribution is -0.126. The molecule has 0 spiro atoms. The van der Waals surface area contributed by atoms with E-state index < -0.39 is 12.6 Å². The largest absolute Gasteiger partial charge is 0.393 e. The molecule has 2 N–H and O–H groups in total. The summed E-state index contributed by atoms with van der Waals surface area (Å²) in [5.74, 6) is 0.213. The Morgan fingerprint density at radius 1 is 1.33 bits per heavy atom. The molecule has 0 radical (unpaired) electrons. The second-order valence-corrected chi connectivity index (χ2v) is 4.10. The molecule has 0 aliphatic heterocycles. The number of nitrogens with zero attached hydrogens (tertiary/aromatic N) is 2. The lowest BCUT2D eigenvalue weighted by atomic mass is 10.3. The van der Waals surface area contributed by atoms with Crippen LogP contribution in [0.3, 0.4) is 0 Å². The fraction of sp³-hybridized carbons (Fsp3) is 0.250. The average Bonchev–Trinajstić information content (AvgIpc) is 2.45. The van der Waals surface area contributed by atoms with Gasteiger partial charge in [-0.1, -0.05) is 0 Å². The van der Waals surface area contributed by atoms with Gasteiger partial charge in [-0.05, 0) is 6.07 Å². The maximum atomic E-state index is 12.1. The molecular weight excluding hydrogens is 227 g/mol. The molecule has 0 aliphatic rings. The highest BCUT2D eigenvalue weighted by atomic mass is 32.1. The minimum atomic E-state index is -4.21. The summed E-state index contributed by atoms with van der Waals surface area (Å²) in [6, 6.07) is 1.39. The monoisotopic (exact) mass is 233 g/mol. The first-order chi connectivity index (χ1) is 6.96. The second kappa shape index (κ2) is 3.34. The number of fused-ring (bicyclic) bond motifs is 1. The number of hydrogen-bond acceptors (Lipinski definition) is 4. The van der Waals surface area contributed by atoms with Crippen molar-refractivity contribution in [2.24, 2.45) is 0 Å². The molecule has 0 amide bonds. The number of nitrogens with two attached hydrogens (primary N) is 1. The van der Waals surface area contributed by atoms with E-state index in [4.69, 9.17) is 5.73 Å². The summed E-state index contributed by atoms with van der Waals surface area (Å²) in [6.07, 6.45) is -3.91. The summed E-state index contributed by atoms with van der Waals surface area (Å²) in [6.45, 7) is 0. The predicted octanol–water partition coefficient (Wildman–Crippen LogP) is 2.38. The molecule has 0 unspecified atom stereocenters. The summed E-state index contributed by atoms with van der Waals surface area (Å²) >= 11 is 0.987. The minimum Gasteiger partial charge on any atom is -0.383 e. The first-order valence-electron chi connectivity index (χ1n) is 4.01. The smallest absolute Gasteiger partial charge is 0.383 e. The van der Waals surface area contributed by atoms with Gasteiger partial charge in [0.15, 0.2) is 0 Å². The van der Waals surface area contributed by atoms with Gasteiger partial charge in [-0.25, -0.2) is 9.97 Å². The Kier molecular flexibility index (Phi) is 2.26. The van der Waals surface area contributed by atoms with Crippen molar-refractivity contribution in [2.75, 3.05) is 5.73 Å². The second-order valence-electron chi connectivity index (χ2n) is 2.98. The van der Waals surface area contributed by atoms with Gasteiger partial charge in [0.25, 0.3) is 0 Å². The molecule has 7 heteroatoms. The molecule has 0 saturated carbocycles. The molecule has 2 aromatic rings. The number of halogens is 3. The number of aromatic nitrogens is 2. The first kappa shape index (κ1) is 10.2. The van der Waals surface area contributed by atoms with Gasteiger partial charge in [-0.2, -0.15) is 13.2 Å². The molecule has 0 atom stereocenters. The third-order valence-corrected chi connectivity index (χ3v) is 2.83. The first-order valence-corrected chi connectivity index (χ1v) is 4.83. The van der Waals surface area contributed by atoms with E-state index in [0.717, 1.165) is 11.3 Å². The molecule has 15 heavy (non-hydrogen) atoms. The van der Waals surface area contributed by atoms with Crippen LogP contribution in [-0.2, 0) is 6.42 Å². The fourth-order valence-corrected chi connectivity index (χ4v) is 2.24. The topological polar surface area (TPSA) is 51.8 Å². The van der Waals surface area contributed by atoms with E-state index in [0.29, 0.717) is 10.2 Å². The lowest BCUT2D eigenvalue weighted by Crippen LogP contribution is -2.09. The van der Waals surface area contributed by atoms with Gasteiger partial charge in [0.2, 0.25) is 0 Å². The Morgan fingerprint density at radius 3 is 2.67 bits per heavy atom. The minimum absolute atomic E-state index is 0.199. The molecule has 3 nitrogen and oxygen atoms in total. The van der Waals surface area contributed by atoms with Crippen molar-refractivity contribution in [3.63, 3.8) is 0 Å². The SMILES string of the molecule is Nc1ncnc2sc(CC(F)(F)F)cc12. The van der Waals surface area contributed by atoms with Gasteiger partial charge in [-0.3, -0.25) is 0 Å². The number of nitrogen functional groups attached to an aromatic ring is 1. The number of hydrogen-bond donors (Lipinski definition) is 1. The molecule has 0 aromatic carbocycles. The van der Waals surface area contributed by atoms with Crippen molar-refractivity contribution < 1.29 is 13.2 Å². The van der Waals surface area contributed by atoms with Gasteiger partial charge < -0.3 is 5.73 Å². The van der Waals surface area contributed by atoms with Gasteiger partial charge in [-0.15, -0.1) is 11.3 Å². The maximum absolute atomic E-state index is 12.1. The zero-order valence-electron chi connectivity index (χ0n) is 7.38.